The Balaban J connectivity index is 1.32. The summed E-state index contributed by atoms with van der Waals surface area (Å²) in [6.45, 7) is 30.4. The van der Waals surface area contributed by atoms with Gasteiger partial charge in [-0.05, 0) is 188 Å². The predicted molar refractivity (Wildman–Crippen MR) is 250 cm³/mol. The Kier molecular flexibility index (Phi) is 13.4. The molecule has 1 aromatic carbocycles. The summed E-state index contributed by atoms with van der Waals surface area (Å²) in [5.74, 6) is 0.0749. The number of allylic oxidation sites excluding steroid dienone is 2. The number of amides is 2. The number of aliphatic carboxylic acids is 1. The second-order valence-corrected chi connectivity index (χ2v) is 23.9. The zero-order valence-corrected chi connectivity index (χ0v) is 41.2. The highest BCUT2D eigenvalue weighted by atomic mass is 16.6. The molecule has 4 fully saturated rings. The number of carbonyl (C=O) groups excluding carboxylic acids is 3. The Morgan fingerprint density at radius 2 is 1.46 bits per heavy atom. The Morgan fingerprint density at radius 3 is 2.06 bits per heavy atom. The van der Waals surface area contributed by atoms with Crippen LogP contribution in [-0.4, -0.2) is 90.3 Å². The van der Waals surface area contributed by atoms with Gasteiger partial charge in [0.2, 0.25) is 5.91 Å². The van der Waals surface area contributed by atoms with Crippen LogP contribution in [0.4, 0.5) is 4.79 Å². The average Bonchev–Trinajstić information content (AvgIpc) is 3.56. The summed E-state index contributed by atoms with van der Waals surface area (Å²) < 4.78 is 11.6. The summed E-state index contributed by atoms with van der Waals surface area (Å²) in [5.41, 5.74) is 2.26. The Morgan fingerprint density at radius 1 is 0.810 bits per heavy atom. The number of likely N-dealkylation sites (N-methyl/N-ethyl adjacent to an activating group) is 1. The molecule has 63 heavy (non-hydrogen) atoms. The molecule has 0 aromatic heterocycles. The number of rotatable bonds is 12. The van der Waals surface area contributed by atoms with E-state index in [1.807, 2.05) is 67.8 Å². The minimum absolute atomic E-state index is 0.00326. The normalized spacial score (nSPS) is 33.4. The highest BCUT2D eigenvalue weighted by Gasteiger charge is 2.71. The number of carboxylic acid groups (broad SMARTS) is 1. The number of nitrogens with one attached hydrogen (secondary N) is 1. The molecule has 0 spiro atoms. The van der Waals surface area contributed by atoms with Gasteiger partial charge in [-0.2, -0.15) is 0 Å². The third-order valence-electron chi connectivity index (χ3n) is 17.3. The second-order valence-electron chi connectivity index (χ2n) is 23.9. The molecule has 0 aliphatic heterocycles. The lowest BCUT2D eigenvalue weighted by Gasteiger charge is -2.72. The van der Waals surface area contributed by atoms with E-state index in [1.54, 1.807) is 4.90 Å². The standard InChI is InChI=1S/C53H81N3O7/c1-34(33-56(32-31-55(13)14)46(61)63-48(5,6)7)37-21-27-53(45(60)54-30-24-42(57)58)29-28-51(11)39(43(37)53)19-20-41-50(10)25-22-38(49(8,9)40(50)23-26-52(41,51)12)35-15-17-36(18-16-35)44(59)62-47(2,3)4/h15-18,22,37,39-41,43H,1,19-21,23-33H2,2-14H3,(H,54,60)(H,57,58). The van der Waals surface area contributed by atoms with Crippen molar-refractivity contribution in [2.75, 3.05) is 40.3 Å². The van der Waals surface area contributed by atoms with E-state index in [1.165, 1.54) is 11.1 Å². The van der Waals surface area contributed by atoms with E-state index in [4.69, 9.17) is 16.1 Å². The third kappa shape index (κ3) is 9.14. The van der Waals surface area contributed by atoms with Gasteiger partial charge < -0.3 is 29.7 Å². The van der Waals surface area contributed by atoms with Crippen LogP contribution in [0, 0.1) is 56.7 Å². The van der Waals surface area contributed by atoms with Gasteiger partial charge in [0.05, 0.1) is 17.4 Å². The van der Waals surface area contributed by atoms with Gasteiger partial charge in [0.1, 0.15) is 11.2 Å². The van der Waals surface area contributed by atoms with E-state index >= 15 is 0 Å². The summed E-state index contributed by atoms with van der Waals surface area (Å²) in [6, 6.07) is 8.02. The molecule has 1 aromatic rings. The first kappa shape index (κ1) is 48.8. The van der Waals surface area contributed by atoms with Crippen LogP contribution in [0.15, 0.2) is 42.5 Å². The van der Waals surface area contributed by atoms with Crippen LogP contribution >= 0.6 is 0 Å². The van der Waals surface area contributed by atoms with Gasteiger partial charge in [-0.15, -0.1) is 0 Å². The molecule has 0 heterocycles. The molecule has 10 heteroatoms. The number of ether oxygens (including phenoxy) is 2. The van der Waals surface area contributed by atoms with Crippen molar-refractivity contribution in [2.45, 2.75) is 152 Å². The fourth-order valence-corrected chi connectivity index (χ4v) is 14.4. The molecule has 2 amide bonds. The number of hydrogen-bond acceptors (Lipinski definition) is 7. The lowest BCUT2D eigenvalue weighted by Crippen LogP contribution is -2.66. The largest absolute Gasteiger partial charge is 0.481 e. The van der Waals surface area contributed by atoms with Crippen LogP contribution in [0.25, 0.3) is 5.57 Å². The van der Waals surface area contributed by atoms with E-state index in [9.17, 15) is 24.3 Å². The van der Waals surface area contributed by atoms with Gasteiger partial charge in [0, 0.05) is 26.2 Å². The van der Waals surface area contributed by atoms with Gasteiger partial charge in [0.15, 0.2) is 0 Å². The van der Waals surface area contributed by atoms with Gasteiger partial charge in [-0.3, -0.25) is 9.59 Å². The molecule has 6 rings (SSSR count). The maximum Gasteiger partial charge on any atom is 0.410 e. The first-order valence-electron chi connectivity index (χ1n) is 23.9. The molecule has 4 saturated carbocycles. The van der Waals surface area contributed by atoms with Crippen molar-refractivity contribution in [3.05, 3.63) is 53.6 Å². The molecular weight excluding hydrogens is 791 g/mol. The lowest BCUT2D eigenvalue weighted by atomic mass is 9.32. The number of fused-ring (bicyclic) bond motifs is 7. The molecule has 9 unspecified atom stereocenters. The molecule has 0 radical (unpaired) electrons. The van der Waals surface area contributed by atoms with Crippen molar-refractivity contribution in [1.29, 1.82) is 0 Å². The molecule has 10 nitrogen and oxygen atoms in total. The van der Waals surface area contributed by atoms with E-state index in [0.29, 0.717) is 37.0 Å². The Hall–Kier alpha value is -3.66. The number of benzene rings is 1. The van der Waals surface area contributed by atoms with Crippen molar-refractivity contribution in [2.24, 2.45) is 56.7 Å². The Bertz CT molecular complexity index is 1960. The fourth-order valence-electron chi connectivity index (χ4n) is 14.4. The summed E-state index contributed by atoms with van der Waals surface area (Å²) in [6.07, 6.45) is 10.7. The van der Waals surface area contributed by atoms with E-state index in [-0.39, 0.29) is 70.3 Å². The molecule has 5 aliphatic rings. The van der Waals surface area contributed by atoms with Crippen LogP contribution in [0.1, 0.15) is 156 Å². The smallest absolute Gasteiger partial charge is 0.410 e. The average molecular weight is 872 g/mol. The van der Waals surface area contributed by atoms with Gasteiger partial charge in [-0.1, -0.05) is 65.0 Å². The van der Waals surface area contributed by atoms with Crippen LogP contribution in [0.3, 0.4) is 0 Å². The van der Waals surface area contributed by atoms with Crippen LogP contribution in [-0.2, 0) is 19.1 Å². The highest BCUT2D eigenvalue weighted by molar-refractivity contribution is 5.90. The summed E-state index contributed by atoms with van der Waals surface area (Å²) in [4.78, 5) is 56.7. The zero-order chi connectivity index (χ0) is 46.7. The van der Waals surface area contributed by atoms with Gasteiger partial charge in [0.25, 0.3) is 0 Å². The number of esters is 1. The SMILES string of the molecule is C=C(CN(CCN(C)C)C(=O)OC(C)(C)C)C1CCC2(C(=O)NCCC(=O)O)CCC3(C)C(CCC4C5(C)CC=C(c6ccc(C(=O)OC(C)(C)C)cc6)C(C)(C)C5CCC43C)C12. The van der Waals surface area contributed by atoms with Crippen molar-refractivity contribution in [3.8, 4) is 0 Å². The third-order valence-corrected chi connectivity index (χ3v) is 17.3. The molecule has 5 aliphatic carbocycles. The predicted octanol–water partition coefficient (Wildman–Crippen LogP) is 10.7. The molecule has 0 bridgehead atoms. The van der Waals surface area contributed by atoms with Crippen LogP contribution in [0.5, 0.6) is 0 Å². The first-order chi connectivity index (χ1) is 29.1. The summed E-state index contributed by atoms with van der Waals surface area (Å²) in [5, 5.41) is 12.6. The summed E-state index contributed by atoms with van der Waals surface area (Å²) in [7, 11) is 4.00. The zero-order valence-electron chi connectivity index (χ0n) is 41.2. The number of nitrogens with zero attached hydrogens (tertiary/aromatic N) is 2. The summed E-state index contributed by atoms with van der Waals surface area (Å²) >= 11 is 0. The number of hydrogen-bond donors (Lipinski definition) is 2. The van der Waals surface area contributed by atoms with Crippen molar-refractivity contribution in [1.82, 2.24) is 15.1 Å². The van der Waals surface area contributed by atoms with E-state index in [2.05, 4.69) is 63.0 Å². The lowest BCUT2D eigenvalue weighted by molar-refractivity contribution is -0.225. The molecule has 0 saturated heterocycles. The van der Waals surface area contributed by atoms with Crippen molar-refractivity contribution < 1.29 is 33.8 Å². The van der Waals surface area contributed by atoms with E-state index < -0.39 is 22.6 Å². The monoisotopic (exact) mass is 872 g/mol. The minimum atomic E-state index is -0.919. The maximum atomic E-state index is 14.7. The topological polar surface area (TPSA) is 125 Å². The quantitative estimate of drug-likeness (QED) is 0.157. The van der Waals surface area contributed by atoms with Crippen molar-refractivity contribution >= 4 is 29.5 Å². The minimum Gasteiger partial charge on any atom is -0.481 e. The number of carboxylic acids is 1. The Labute approximate surface area is 379 Å². The van der Waals surface area contributed by atoms with Gasteiger partial charge in [-0.25, -0.2) is 9.59 Å². The van der Waals surface area contributed by atoms with Gasteiger partial charge >= 0.3 is 18.0 Å². The maximum absolute atomic E-state index is 14.7. The van der Waals surface area contributed by atoms with E-state index in [0.717, 1.165) is 63.4 Å². The van der Waals surface area contributed by atoms with Crippen LogP contribution in [0.2, 0.25) is 0 Å². The second kappa shape index (κ2) is 17.3. The molecule has 9 atom stereocenters. The highest BCUT2D eigenvalue weighted by Crippen LogP contribution is 2.77. The number of carbonyl (C=O) groups is 4. The molecular formula is C53H81N3O7. The fraction of sp³-hybridized carbons (Fsp3) is 0.736. The van der Waals surface area contributed by atoms with Crippen LogP contribution < -0.4 is 5.32 Å². The van der Waals surface area contributed by atoms with Crippen molar-refractivity contribution in [3.63, 3.8) is 0 Å². The molecule has 2 N–H and O–H groups in total. The molecule has 350 valence electrons. The first-order valence-corrected chi connectivity index (χ1v) is 23.9.